The van der Waals surface area contributed by atoms with E-state index in [4.69, 9.17) is 22.7 Å². The summed E-state index contributed by atoms with van der Waals surface area (Å²) >= 11 is 4.72. The van der Waals surface area contributed by atoms with E-state index in [1.165, 1.54) is 0 Å². The molecule has 1 aliphatic rings. The predicted molar refractivity (Wildman–Crippen MR) is 71.8 cm³/mol. The van der Waals surface area contributed by atoms with Gasteiger partial charge >= 0.3 is 0 Å². The van der Waals surface area contributed by atoms with Crippen LogP contribution < -0.4 is 11.1 Å². The van der Waals surface area contributed by atoms with Crippen molar-refractivity contribution in [2.24, 2.45) is 5.73 Å². The molecule has 5 heteroatoms. The monoisotopic (exact) mass is 258 g/mol. The highest BCUT2D eigenvalue weighted by Gasteiger charge is 2.34. The fourth-order valence-electron chi connectivity index (χ4n) is 2.33. The van der Waals surface area contributed by atoms with Crippen molar-refractivity contribution in [1.29, 1.82) is 0 Å². The molecule has 1 saturated heterocycles. The van der Waals surface area contributed by atoms with Crippen molar-refractivity contribution in [2.45, 2.75) is 57.6 Å². The van der Waals surface area contributed by atoms with Crippen molar-refractivity contribution in [2.75, 3.05) is 6.61 Å². The maximum atomic E-state index is 11.6. The lowest BCUT2D eigenvalue weighted by Crippen LogP contribution is -2.48. The second kappa shape index (κ2) is 6.31. The molecule has 1 heterocycles. The zero-order chi connectivity index (χ0) is 12.9. The van der Waals surface area contributed by atoms with Crippen LogP contribution in [0.2, 0.25) is 0 Å². The molecule has 0 bridgehead atoms. The lowest BCUT2D eigenvalue weighted by molar-refractivity contribution is -0.124. The number of hydrogen-bond acceptors (Lipinski definition) is 3. The Morgan fingerprint density at radius 1 is 1.53 bits per heavy atom. The fourth-order valence-corrected chi connectivity index (χ4v) is 2.46. The molecular formula is C12H22N2O2S. The van der Waals surface area contributed by atoms with Crippen molar-refractivity contribution < 1.29 is 9.53 Å². The Morgan fingerprint density at radius 2 is 2.18 bits per heavy atom. The van der Waals surface area contributed by atoms with Gasteiger partial charge in [0.05, 0.1) is 17.0 Å². The van der Waals surface area contributed by atoms with Gasteiger partial charge < -0.3 is 15.8 Å². The molecule has 0 aromatic rings. The van der Waals surface area contributed by atoms with Crippen molar-refractivity contribution >= 4 is 23.1 Å². The van der Waals surface area contributed by atoms with E-state index < -0.39 is 0 Å². The van der Waals surface area contributed by atoms with E-state index in [1.54, 1.807) is 0 Å². The molecule has 1 rings (SSSR count). The van der Waals surface area contributed by atoms with Gasteiger partial charge in [0.2, 0.25) is 5.91 Å². The number of thiocarbonyl (C=S) groups is 1. The van der Waals surface area contributed by atoms with Crippen LogP contribution in [0, 0.1) is 0 Å². The zero-order valence-corrected chi connectivity index (χ0v) is 11.4. The summed E-state index contributed by atoms with van der Waals surface area (Å²) < 4.78 is 5.86. The molecule has 0 saturated carbocycles. The summed E-state index contributed by atoms with van der Waals surface area (Å²) in [4.78, 5) is 11.8. The molecule has 4 nitrogen and oxygen atoms in total. The van der Waals surface area contributed by atoms with Crippen LogP contribution >= 0.6 is 12.2 Å². The summed E-state index contributed by atoms with van der Waals surface area (Å²) in [6.45, 7) is 4.96. The largest absolute Gasteiger partial charge is 0.393 e. The highest BCUT2D eigenvalue weighted by molar-refractivity contribution is 7.80. The summed E-state index contributed by atoms with van der Waals surface area (Å²) in [5, 5.41) is 2.99. The molecule has 0 spiro atoms. The van der Waals surface area contributed by atoms with Gasteiger partial charge in [0.15, 0.2) is 0 Å². The topological polar surface area (TPSA) is 64.4 Å². The summed E-state index contributed by atoms with van der Waals surface area (Å²) in [7, 11) is 0. The van der Waals surface area contributed by atoms with Crippen LogP contribution in [0.15, 0.2) is 0 Å². The first kappa shape index (κ1) is 14.4. The smallest absolute Gasteiger partial charge is 0.227 e. The van der Waals surface area contributed by atoms with Crippen LogP contribution in [-0.2, 0) is 9.53 Å². The van der Waals surface area contributed by atoms with Crippen molar-refractivity contribution in [3.63, 3.8) is 0 Å². The highest BCUT2D eigenvalue weighted by atomic mass is 32.1. The summed E-state index contributed by atoms with van der Waals surface area (Å²) in [5.74, 6) is -0.0782. The lowest BCUT2D eigenvalue weighted by atomic mass is 9.86. The number of nitrogens with one attached hydrogen (secondary N) is 1. The van der Waals surface area contributed by atoms with E-state index in [0.29, 0.717) is 6.61 Å². The van der Waals surface area contributed by atoms with Gasteiger partial charge in [-0.15, -0.1) is 0 Å². The number of rotatable bonds is 5. The highest BCUT2D eigenvalue weighted by Crippen LogP contribution is 2.31. The molecule has 1 aliphatic heterocycles. The van der Waals surface area contributed by atoms with E-state index in [-0.39, 0.29) is 29.0 Å². The van der Waals surface area contributed by atoms with Gasteiger partial charge in [0, 0.05) is 12.6 Å². The van der Waals surface area contributed by atoms with E-state index >= 15 is 0 Å². The quantitative estimate of drug-likeness (QED) is 0.734. The number of carbonyl (C=O) groups excluding carboxylic acids is 1. The van der Waals surface area contributed by atoms with Gasteiger partial charge in [-0.3, -0.25) is 4.79 Å². The molecule has 0 aliphatic carbocycles. The average molecular weight is 258 g/mol. The molecule has 98 valence electrons. The van der Waals surface area contributed by atoms with E-state index in [9.17, 15) is 4.79 Å². The maximum absolute atomic E-state index is 11.6. The second-order valence-electron chi connectivity index (χ2n) is 4.64. The van der Waals surface area contributed by atoms with E-state index in [1.807, 2.05) is 0 Å². The number of carbonyl (C=O) groups is 1. The van der Waals surface area contributed by atoms with Gasteiger partial charge in [0.1, 0.15) is 0 Å². The molecule has 0 aromatic heterocycles. The summed E-state index contributed by atoms with van der Waals surface area (Å²) in [6, 6.07) is 0.186. The van der Waals surface area contributed by atoms with Crippen molar-refractivity contribution in [1.82, 2.24) is 5.32 Å². The Bertz CT molecular complexity index is 290. The molecule has 0 aromatic carbocycles. The number of hydrogen-bond donors (Lipinski definition) is 2. The predicted octanol–water partition coefficient (Wildman–Crippen LogP) is 1.52. The summed E-state index contributed by atoms with van der Waals surface area (Å²) in [6.07, 6.45) is 3.84. The average Bonchev–Trinajstić information content (AvgIpc) is 2.28. The molecule has 1 amide bonds. The third-order valence-corrected chi connectivity index (χ3v) is 3.63. The van der Waals surface area contributed by atoms with Gasteiger partial charge in [-0.05, 0) is 25.7 Å². The Hall–Kier alpha value is -0.680. The first-order valence-electron chi connectivity index (χ1n) is 6.23. The molecular weight excluding hydrogens is 236 g/mol. The minimum atomic E-state index is -0.0782. The normalized spacial score (nSPS) is 23.1. The second-order valence-corrected chi connectivity index (χ2v) is 5.16. The van der Waals surface area contributed by atoms with Gasteiger partial charge in [-0.1, -0.05) is 26.1 Å². The van der Waals surface area contributed by atoms with Gasteiger partial charge in [0.25, 0.3) is 0 Å². The molecule has 17 heavy (non-hydrogen) atoms. The molecule has 3 N–H and O–H groups in total. The summed E-state index contributed by atoms with van der Waals surface area (Å²) in [5.41, 5.74) is 5.28. The molecule has 1 fully saturated rings. The number of nitrogens with two attached hydrogens (primary N) is 1. The minimum absolute atomic E-state index is 0.0700. The minimum Gasteiger partial charge on any atom is -0.393 e. The van der Waals surface area contributed by atoms with E-state index in [0.717, 1.165) is 25.7 Å². The van der Waals surface area contributed by atoms with Gasteiger partial charge in [-0.2, -0.15) is 0 Å². The van der Waals surface area contributed by atoms with E-state index in [2.05, 4.69) is 19.2 Å². The van der Waals surface area contributed by atoms with Crippen molar-refractivity contribution in [3.8, 4) is 0 Å². The van der Waals surface area contributed by atoms with Crippen molar-refractivity contribution in [3.05, 3.63) is 0 Å². The Morgan fingerprint density at radius 3 is 2.71 bits per heavy atom. The fraction of sp³-hybridized carbons (Fsp3) is 0.833. The first-order chi connectivity index (χ1) is 8.01. The standard InChI is InChI=1S/C12H22N2O2S/c1-3-12(4-2)8-9(5-6-16-12)14-11(15)7-10(13)17/h9H,3-8H2,1-2H3,(H2,13,17)(H,14,15). The zero-order valence-electron chi connectivity index (χ0n) is 10.6. The van der Waals surface area contributed by atoms with Gasteiger partial charge in [-0.25, -0.2) is 0 Å². The van der Waals surface area contributed by atoms with Crippen LogP contribution in [0.5, 0.6) is 0 Å². The van der Waals surface area contributed by atoms with Crippen LogP contribution in [-0.4, -0.2) is 29.1 Å². The third-order valence-electron chi connectivity index (χ3n) is 3.48. The van der Waals surface area contributed by atoms with Crippen LogP contribution in [0.3, 0.4) is 0 Å². The third kappa shape index (κ3) is 4.24. The Labute approximate surface area is 108 Å². The molecule has 1 unspecified atom stereocenters. The number of amides is 1. The Kier molecular flexibility index (Phi) is 5.33. The van der Waals surface area contributed by atoms with Crippen LogP contribution in [0.4, 0.5) is 0 Å². The molecule has 1 atom stereocenters. The van der Waals surface area contributed by atoms with Crippen LogP contribution in [0.25, 0.3) is 0 Å². The SMILES string of the molecule is CCC1(CC)CC(NC(=O)CC(N)=S)CCO1. The lowest BCUT2D eigenvalue weighted by Gasteiger charge is -2.40. The molecule has 0 radical (unpaired) electrons. The van der Waals surface area contributed by atoms with Crippen LogP contribution in [0.1, 0.15) is 46.0 Å². The first-order valence-corrected chi connectivity index (χ1v) is 6.64. The number of ether oxygens (including phenoxy) is 1. The maximum Gasteiger partial charge on any atom is 0.227 e. The Balaban J connectivity index is 2.49.